The second kappa shape index (κ2) is 8.29. The van der Waals surface area contributed by atoms with Gasteiger partial charge >= 0.3 is 0 Å². The van der Waals surface area contributed by atoms with Gasteiger partial charge in [0.15, 0.2) is 0 Å². The number of methoxy groups -OCH3 is 1. The van der Waals surface area contributed by atoms with Gasteiger partial charge in [0.1, 0.15) is 5.41 Å². The summed E-state index contributed by atoms with van der Waals surface area (Å²) < 4.78 is 4.97. The van der Waals surface area contributed by atoms with Gasteiger partial charge in [0, 0.05) is 25.9 Å². The maximum atomic E-state index is 12.8. The number of aryl methyl sites for hydroxylation is 2. The van der Waals surface area contributed by atoms with E-state index in [1.165, 1.54) is 0 Å². The minimum Gasteiger partial charge on any atom is -0.385 e. The lowest BCUT2D eigenvalue weighted by atomic mass is 10.0. The summed E-state index contributed by atoms with van der Waals surface area (Å²) >= 11 is 0. The van der Waals surface area contributed by atoms with E-state index in [4.69, 9.17) is 4.74 Å². The van der Waals surface area contributed by atoms with Gasteiger partial charge in [0.05, 0.1) is 0 Å². The van der Waals surface area contributed by atoms with Crippen LogP contribution in [-0.2, 0) is 27.2 Å². The van der Waals surface area contributed by atoms with Crippen molar-refractivity contribution >= 4 is 17.5 Å². The number of nitrogens with one attached hydrogen (secondary N) is 2. The number of benzene rings is 1. The Morgan fingerprint density at radius 1 is 1.12 bits per heavy atom. The predicted molar refractivity (Wildman–Crippen MR) is 95.0 cm³/mol. The smallest absolute Gasteiger partial charge is 0.240 e. The molecule has 2 N–H and O–H groups in total. The molecule has 5 heteroatoms. The molecule has 1 aliphatic carbocycles. The van der Waals surface area contributed by atoms with E-state index in [9.17, 15) is 9.59 Å². The Kier molecular flexibility index (Phi) is 6.37. The Bertz CT molecular complexity index is 572. The van der Waals surface area contributed by atoms with Crippen molar-refractivity contribution in [1.29, 1.82) is 0 Å². The van der Waals surface area contributed by atoms with Crippen LogP contribution in [0.2, 0.25) is 0 Å². The molecule has 0 bridgehead atoms. The third kappa shape index (κ3) is 3.96. The summed E-state index contributed by atoms with van der Waals surface area (Å²) in [5, 5.41) is 5.91. The van der Waals surface area contributed by atoms with Crippen molar-refractivity contribution in [2.24, 2.45) is 5.41 Å². The standard InChI is InChI=1S/C19H28N2O3/c1-4-14-8-6-9-15(5-2)16(14)21-18(23)19(10-11-19)17(22)20-12-7-13-24-3/h6,8-9H,4-5,7,10-13H2,1-3H3,(H,20,22)(H,21,23). The second-order valence-corrected chi connectivity index (χ2v) is 6.30. The highest BCUT2D eigenvalue weighted by Gasteiger charge is 2.56. The Labute approximate surface area is 144 Å². The topological polar surface area (TPSA) is 67.4 Å². The first-order valence-electron chi connectivity index (χ1n) is 8.78. The number of rotatable bonds is 9. The number of ether oxygens (including phenoxy) is 1. The van der Waals surface area contributed by atoms with E-state index in [1.807, 2.05) is 18.2 Å². The Hall–Kier alpha value is -1.88. The number of amides is 2. The van der Waals surface area contributed by atoms with Crippen LogP contribution >= 0.6 is 0 Å². The molecule has 132 valence electrons. The highest BCUT2D eigenvalue weighted by atomic mass is 16.5. The van der Waals surface area contributed by atoms with Crippen LogP contribution in [0, 0.1) is 5.41 Å². The fraction of sp³-hybridized carbons (Fsp3) is 0.579. The summed E-state index contributed by atoms with van der Waals surface area (Å²) in [6.07, 6.45) is 3.67. The highest BCUT2D eigenvalue weighted by Crippen LogP contribution is 2.47. The molecule has 2 rings (SSSR count). The maximum Gasteiger partial charge on any atom is 0.240 e. The zero-order valence-corrected chi connectivity index (χ0v) is 14.9. The molecule has 1 aliphatic rings. The van der Waals surface area contributed by atoms with Crippen molar-refractivity contribution in [3.8, 4) is 0 Å². The molecule has 0 saturated heterocycles. The summed E-state index contributed by atoms with van der Waals surface area (Å²) in [6, 6.07) is 6.07. The zero-order chi connectivity index (χ0) is 17.6. The number of para-hydroxylation sites is 1. The van der Waals surface area contributed by atoms with Crippen molar-refractivity contribution in [2.75, 3.05) is 25.6 Å². The van der Waals surface area contributed by atoms with E-state index < -0.39 is 5.41 Å². The van der Waals surface area contributed by atoms with E-state index >= 15 is 0 Å². The summed E-state index contributed by atoms with van der Waals surface area (Å²) in [7, 11) is 1.63. The summed E-state index contributed by atoms with van der Waals surface area (Å²) in [5.74, 6) is -0.342. The number of hydrogen-bond acceptors (Lipinski definition) is 3. The van der Waals surface area contributed by atoms with Gasteiger partial charge in [0.2, 0.25) is 11.8 Å². The normalized spacial score (nSPS) is 15.0. The van der Waals surface area contributed by atoms with Crippen LogP contribution in [0.5, 0.6) is 0 Å². The van der Waals surface area contributed by atoms with E-state index in [0.717, 1.165) is 36.1 Å². The van der Waals surface area contributed by atoms with Gasteiger partial charge in [-0.25, -0.2) is 0 Å². The lowest BCUT2D eigenvalue weighted by Gasteiger charge is -2.19. The number of carbonyl (C=O) groups excluding carboxylic acids is 2. The van der Waals surface area contributed by atoms with Gasteiger partial charge < -0.3 is 15.4 Å². The van der Waals surface area contributed by atoms with Crippen LogP contribution in [0.3, 0.4) is 0 Å². The van der Waals surface area contributed by atoms with Gasteiger partial charge in [-0.3, -0.25) is 9.59 Å². The van der Waals surface area contributed by atoms with Crippen molar-refractivity contribution in [2.45, 2.75) is 46.0 Å². The molecule has 0 unspecified atom stereocenters. The van der Waals surface area contributed by atoms with Crippen LogP contribution in [0.15, 0.2) is 18.2 Å². The molecule has 5 nitrogen and oxygen atoms in total. The van der Waals surface area contributed by atoms with Crippen LogP contribution in [-0.4, -0.2) is 32.1 Å². The SMILES string of the molecule is CCc1cccc(CC)c1NC(=O)C1(C(=O)NCCCOC)CC1. The van der Waals surface area contributed by atoms with Gasteiger partial charge in [0.25, 0.3) is 0 Å². The summed E-state index contributed by atoms with van der Waals surface area (Å²) in [5.41, 5.74) is 2.21. The molecule has 2 amide bonds. The largest absolute Gasteiger partial charge is 0.385 e. The van der Waals surface area contributed by atoms with Gasteiger partial charge in [-0.2, -0.15) is 0 Å². The molecule has 0 spiro atoms. The lowest BCUT2D eigenvalue weighted by molar-refractivity contribution is -0.134. The molecule has 0 aliphatic heterocycles. The molecule has 0 heterocycles. The van der Waals surface area contributed by atoms with Crippen molar-refractivity contribution in [3.05, 3.63) is 29.3 Å². The first-order chi connectivity index (χ1) is 11.6. The third-order valence-corrected chi connectivity index (χ3v) is 4.67. The first kappa shape index (κ1) is 18.5. The van der Waals surface area contributed by atoms with E-state index in [1.54, 1.807) is 7.11 Å². The maximum absolute atomic E-state index is 12.8. The third-order valence-electron chi connectivity index (χ3n) is 4.67. The molecular weight excluding hydrogens is 304 g/mol. The zero-order valence-electron chi connectivity index (χ0n) is 14.9. The minimum absolute atomic E-state index is 0.164. The van der Waals surface area contributed by atoms with Crippen molar-refractivity contribution in [3.63, 3.8) is 0 Å². The molecule has 0 radical (unpaired) electrons. The molecule has 1 aromatic rings. The molecule has 1 aromatic carbocycles. The Morgan fingerprint density at radius 2 is 1.75 bits per heavy atom. The van der Waals surface area contributed by atoms with Crippen LogP contribution < -0.4 is 10.6 Å². The lowest BCUT2D eigenvalue weighted by Crippen LogP contribution is -2.40. The summed E-state index contributed by atoms with van der Waals surface area (Å²) in [6.45, 7) is 5.27. The molecule has 0 aromatic heterocycles. The number of hydrogen-bond donors (Lipinski definition) is 2. The van der Waals surface area contributed by atoms with Crippen molar-refractivity contribution in [1.82, 2.24) is 5.32 Å². The van der Waals surface area contributed by atoms with E-state index in [2.05, 4.69) is 24.5 Å². The average Bonchev–Trinajstić information content (AvgIpc) is 3.40. The Balaban J connectivity index is 2.05. The van der Waals surface area contributed by atoms with E-state index in [0.29, 0.717) is 26.0 Å². The fourth-order valence-electron chi connectivity index (χ4n) is 2.91. The van der Waals surface area contributed by atoms with Gasteiger partial charge in [-0.05, 0) is 43.2 Å². The fourth-order valence-corrected chi connectivity index (χ4v) is 2.91. The van der Waals surface area contributed by atoms with Crippen molar-refractivity contribution < 1.29 is 14.3 Å². The van der Waals surface area contributed by atoms with Crippen LogP contribution in [0.25, 0.3) is 0 Å². The molecule has 24 heavy (non-hydrogen) atoms. The van der Waals surface area contributed by atoms with E-state index in [-0.39, 0.29) is 11.8 Å². The quantitative estimate of drug-likeness (QED) is 0.540. The predicted octanol–water partition coefficient (Wildman–Crippen LogP) is 2.68. The highest BCUT2D eigenvalue weighted by molar-refractivity contribution is 6.13. The molecule has 0 atom stereocenters. The first-order valence-corrected chi connectivity index (χ1v) is 8.78. The number of anilines is 1. The number of carbonyl (C=O) groups is 2. The van der Waals surface area contributed by atoms with Crippen LogP contribution in [0.4, 0.5) is 5.69 Å². The van der Waals surface area contributed by atoms with Gasteiger partial charge in [-0.1, -0.05) is 32.0 Å². The Morgan fingerprint density at radius 3 is 2.25 bits per heavy atom. The molecular formula is C19H28N2O3. The molecule has 1 fully saturated rings. The molecule has 1 saturated carbocycles. The minimum atomic E-state index is -0.890. The second-order valence-electron chi connectivity index (χ2n) is 6.30. The van der Waals surface area contributed by atoms with Gasteiger partial charge in [-0.15, -0.1) is 0 Å². The average molecular weight is 332 g/mol. The summed E-state index contributed by atoms with van der Waals surface area (Å²) in [4.78, 5) is 25.2. The van der Waals surface area contributed by atoms with Crippen LogP contribution in [0.1, 0.15) is 44.2 Å². The monoisotopic (exact) mass is 332 g/mol.